The third-order valence-electron chi connectivity index (χ3n) is 6.48. The topological polar surface area (TPSA) is 60.2 Å². The first-order valence-electron chi connectivity index (χ1n) is 10.9. The number of nitrogens with zero attached hydrogens (tertiary/aromatic N) is 4. The van der Waals surface area contributed by atoms with E-state index in [1.54, 1.807) is 11.3 Å². The summed E-state index contributed by atoms with van der Waals surface area (Å²) in [4.78, 5) is 17.5. The van der Waals surface area contributed by atoms with E-state index in [4.69, 9.17) is 4.74 Å². The lowest BCUT2D eigenvalue weighted by atomic mass is 10.1. The van der Waals surface area contributed by atoms with Crippen LogP contribution in [0.4, 0.5) is 0 Å². The summed E-state index contributed by atoms with van der Waals surface area (Å²) in [7, 11) is 0. The molecule has 0 bridgehead atoms. The SMILES string of the molecule is O=C(c1cc2c(s1)-c1ccccc1OC2)N1CCCC1c1nnc2n1CCCCC2. The van der Waals surface area contributed by atoms with Gasteiger partial charge >= 0.3 is 0 Å². The Balaban J connectivity index is 1.32. The van der Waals surface area contributed by atoms with Crippen molar-refractivity contribution in [1.29, 1.82) is 0 Å². The molecule has 3 aliphatic heterocycles. The van der Waals surface area contributed by atoms with Gasteiger partial charge in [-0.25, -0.2) is 0 Å². The van der Waals surface area contributed by atoms with Gasteiger partial charge in [-0.15, -0.1) is 21.5 Å². The zero-order chi connectivity index (χ0) is 20.1. The van der Waals surface area contributed by atoms with Crippen LogP contribution in [-0.2, 0) is 19.6 Å². The van der Waals surface area contributed by atoms with Gasteiger partial charge in [-0.1, -0.05) is 18.6 Å². The number of hydrogen-bond donors (Lipinski definition) is 0. The molecule has 30 heavy (non-hydrogen) atoms. The number of hydrogen-bond acceptors (Lipinski definition) is 5. The molecule has 1 amide bonds. The Morgan fingerprint density at radius 2 is 2.03 bits per heavy atom. The Labute approximate surface area is 179 Å². The summed E-state index contributed by atoms with van der Waals surface area (Å²) in [6.45, 7) is 2.27. The Morgan fingerprint density at radius 3 is 3.00 bits per heavy atom. The Kier molecular flexibility index (Phi) is 4.37. The molecule has 1 fully saturated rings. The van der Waals surface area contributed by atoms with Crippen LogP contribution in [0.15, 0.2) is 30.3 Å². The van der Waals surface area contributed by atoms with Crippen LogP contribution in [0.3, 0.4) is 0 Å². The highest BCUT2D eigenvalue weighted by Crippen LogP contribution is 2.43. The van der Waals surface area contributed by atoms with E-state index in [9.17, 15) is 4.79 Å². The number of para-hydroxylation sites is 1. The molecule has 3 aliphatic rings. The van der Waals surface area contributed by atoms with Gasteiger partial charge in [-0.05, 0) is 43.9 Å². The van der Waals surface area contributed by atoms with Crippen LogP contribution in [0.2, 0.25) is 0 Å². The van der Waals surface area contributed by atoms with Gasteiger partial charge in [0.25, 0.3) is 5.91 Å². The summed E-state index contributed by atoms with van der Waals surface area (Å²) < 4.78 is 8.17. The molecule has 1 saturated heterocycles. The number of ether oxygens (including phenoxy) is 1. The molecule has 6 rings (SSSR count). The molecule has 6 nitrogen and oxygen atoms in total. The van der Waals surface area contributed by atoms with Crippen molar-refractivity contribution in [2.75, 3.05) is 6.54 Å². The minimum Gasteiger partial charge on any atom is -0.488 e. The van der Waals surface area contributed by atoms with Gasteiger partial charge in [0, 0.05) is 35.5 Å². The number of aromatic nitrogens is 3. The molecule has 1 unspecified atom stereocenters. The number of aryl methyl sites for hydroxylation is 1. The third kappa shape index (κ3) is 2.87. The summed E-state index contributed by atoms with van der Waals surface area (Å²) in [5, 5.41) is 9.01. The lowest BCUT2D eigenvalue weighted by Gasteiger charge is -2.24. The fraction of sp³-hybridized carbons (Fsp3) is 0.435. The molecule has 1 atom stereocenters. The van der Waals surface area contributed by atoms with E-state index in [1.165, 1.54) is 12.8 Å². The highest BCUT2D eigenvalue weighted by molar-refractivity contribution is 7.17. The maximum absolute atomic E-state index is 13.6. The molecule has 2 aromatic heterocycles. The Hall–Kier alpha value is -2.67. The van der Waals surface area contributed by atoms with Crippen molar-refractivity contribution < 1.29 is 9.53 Å². The average molecular weight is 421 g/mol. The maximum Gasteiger partial charge on any atom is 0.264 e. The van der Waals surface area contributed by atoms with Crippen molar-refractivity contribution in [1.82, 2.24) is 19.7 Å². The molecular weight excluding hydrogens is 396 g/mol. The monoisotopic (exact) mass is 420 g/mol. The van der Waals surface area contributed by atoms with Crippen LogP contribution in [0, 0.1) is 0 Å². The van der Waals surface area contributed by atoms with E-state index in [0.29, 0.717) is 6.61 Å². The highest BCUT2D eigenvalue weighted by Gasteiger charge is 2.36. The summed E-state index contributed by atoms with van der Waals surface area (Å²) in [6, 6.07) is 10.1. The van der Waals surface area contributed by atoms with E-state index >= 15 is 0 Å². The summed E-state index contributed by atoms with van der Waals surface area (Å²) in [5.41, 5.74) is 2.19. The van der Waals surface area contributed by atoms with Crippen LogP contribution in [0.5, 0.6) is 5.75 Å². The van der Waals surface area contributed by atoms with Crippen molar-refractivity contribution in [3.63, 3.8) is 0 Å². The van der Waals surface area contributed by atoms with Crippen molar-refractivity contribution >= 4 is 17.2 Å². The summed E-state index contributed by atoms with van der Waals surface area (Å²) >= 11 is 1.59. The molecule has 0 N–H and O–H groups in total. The van der Waals surface area contributed by atoms with Crippen molar-refractivity contribution in [2.45, 2.75) is 57.7 Å². The van der Waals surface area contributed by atoms with Gasteiger partial charge in [-0.2, -0.15) is 0 Å². The minimum absolute atomic E-state index is 0.0273. The second-order valence-electron chi connectivity index (χ2n) is 8.34. The van der Waals surface area contributed by atoms with E-state index in [0.717, 1.165) is 77.1 Å². The predicted molar refractivity (Wildman–Crippen MR) is 115 cm³/mol. The van der Waals surface area contributed by atoms with Crippen molar-refractivity contribution in [3.05, 3.63) is 52.4 Å². The van der Waals surface area contributed by atoms with Gasteiger partial charge in [0.15, 0.2) is 5.82 Å². The van der Waals surface area contributed by atoms with E-state index in [1.807, 2.05) is 29.2 Å². The molecule has 0 saturated carbocycles. The second kappa shape index (κ2) is 7.23. The average Bonchev–Trinajstić information content (AvgIpc) is 3.48. The van der Waals surface area contributed by atoms with Crippen LogP contribution >= 0.6 is 11.3 Å². The van der Waals surface area contributed by atoms with Crippen LogP contribution < -0.4 is 4.74 Å². The Morgan fingerprint density at radius 1 is 1.10 bits per heavy atom. The van der Waals surface area contributed by atoms with E-state index < -0.39 is 0 Å². The largest absolute Gasteiger partial charge is 0.488 e. The van der Waals surface area contributed by atoms with Gasteiger partial charge in [0.1, 0.15) is 18.2 Å². The standard InChI is InChI=1S/C23H24N4O2S/c28-23(19-13-15-14-29-18-9-4-3-7-16(18)21(15)30-19)26-12-6-8-17(26)22-25-24-20-10-2-1-5-11-27(20)22/h3-4,7,9,13,17H,1-2,5-6,8,10-12,14H2. The first-order valence-corrected chi connectivity index (χ1v) is 11.7. The first-order chi connectivity index (χ1) is 14.8. The van der Waals surface area contributed by atoms with Gasteiger partial charge in [-0.3, -0.25) is 4.79 Å². The van der Waals surface area contributed by atoms with E-state index in [-0.39, 0.29) is 11.9 Å². The normalized spacial score (nSPS) is 20.1. The van der Waals surface area contributed by atoms with Crippen LogP contribution in [-0.4, -0.2) is 32.1 Å². The number of benzene rings is 1. The number of carbonyl (C=O) groups excluding carboxylic acids is 1. The van der Waals surface area contributed by atoms with Gasteiger partial charge < -0.3 is 14.2 Å². The predicted octanol–water partition coefficient (Wildman–Crippen LogP) is 4.60. The smallest absolute Gasteiger partial charge is 0.264 e. The molecule has 3 aromatic rings. The number of carbonyl (C=O) groups is 1. The van der Waals surface area contributed by atoms with Gasteiger partial charge in [0.05, 0.1) is 10.9 Å². The van der Waals surface area contributed by atoms with E-state index in [2.05, 4.69) is 20.8 Å². The van der Waals surface area contributed by atoms with Crippen molar-refractivity contribution in [3.8, 4) is 16.2 Å². The number of thiophene rings is 1. The number of rotatable bonds is 2. The number of fused-ring (bicyclic) bond motifs is 4. The summed E-state index contributed by atoms with van der Waals surface area (Å²) in [5.74, 6) is 3.08. The Bertz CT molecular complexity index is 1120. The molecule has 7 heteroatoms. The lowest BCUT2D eigenvalue weighted by molar-refractivity contribution is 0.0732. The zero-order valence-corrected chi connectivity index (χ0v) is 17.7. The lowest BCUT2D eigenvalue weighted by Crippen LogP contribution is -2.31. The van der Waals surface area contributed by atoms with Crippen LogP contribution in [0.25, 0.3) is 10.4 Å². The molecule has 1 aromatic carbocycles. The number of amides is 1. The zero-order valence-electron chi connectivity index (χ0n) is 16.8. The molecule has 0 aliphatic carbocycles. The highest BCUT2D eigenvalue weighted by atomic mass is 32.1. The fourth-order valence-corrected chi connectivity index (χ4v) is 6.13. The van der Waals surface area contributed by atoms with Crippen molar-refractivity contribution in [2.24, 2.45) is 0 Å². The molecule has 0 spiro atoms. The number of likely N-dealkylation sites (tertiary alicyclic amines) is 1. The second-order valence-corrected chi connectivity index (χ2v) is 9.40. The molecule has 154 valence electrons. The maximum atomic E-state index is 13.6. The van der Waals surface area contributed by atoms with Crippen LogP contribution in [0.1, 0.15) is 65.0 Å². The summed E-state index contributed by atoms with van der Waals surface area (Å²) in [6.07, 6.45) is 6.53. The fourth-order valence-electron chi connectivity index (χ4n) is 4.98. The molecular formula is C23H24N4O2S. The molecule has 0 radical (unpaired) electrons. The molecule has 5 heterocycles. The van der Waals surface area contributed by atoms with Gasteiger partial charge in [0.2, 0.25) is 0 Å². The minimum atomic E-state index is 0.0273. The third-order valence-corrected chi connectivity index (χ3v) is 7.68. The quantitative estimate of drug-likeness (QED) is 0.608. The first kappa shape index (κ1) is 18.1.